The van der Waals surface area contributed by atoms with Gasteiger partial charge < -0.3 is 14.4 Å². The Morgan fingerprint density at radius 2 is 2.22 bits per heavy atom. The number of aryl methyl sites for hydroxylation is 1. The summed E-state index contributed by atoms with van der Waals surface area (Å²) in [5.41, 5.74) is 2.87. The number of amides is 1. The summed E-state index contributed by atoms with van der Waals surface area (Å²) in [6.07, 6.45) is 2.78. The summed E-state index contributed by atoms with van der Waals surface area (Å²) in [7, 11) is 0. The van der Waals surface area contributed by atoms with Crippen molar-refractivity contribution in [1.29, 1.82) is 0 Å². The Balaban J connectivity index is 1.56. The average molecular weight is 313 g/mol. The predicted molar refractivity (Wildman–Crippen MR) is 84.0 cm³/mol. The summed E-state index contributed by atoms with van der Waals surface area (Å²) in [5, 5.41) is 7.15. The monoisotopic (exact) mass is 313 g/mol. The number of hydrogen-bond donors (Lipinski definition) is 1. The quantitative estimate of drug-likeness (QED) is 0.922. The molecule has 4 rings (SSSR count). The van der Waals surface area contributed by atoms with Crippen LogP contribution in [-0.4, -0.2) is 47.3 Å². The third-order valence-electron chi connectivity index (χ3n) is 4.55. The van der Waals surface area contributed by atoms with Gasteiger partial charge in [0.15, 0.2) is 11.5 Å². The van der Waals surface area contributed by atoms with Gasteiger partial charge in [0.05, 0.1) is 11.8 Å². The summed E-state index contributed by atoms with van der Waals surface area (Å²) in [4.78, 5) is 14.8. The van der Waals surface area contributed by atoms with Gasteiger partial charge in [0, 0.05) is 24.7 Å². The van der Waals surface area contributed by atoms with Gasteiger partial charge in [0.2, 0.25) is 0 Å². The van der Waals surface area contributed by atoms with Crippen LogP contribution in [0.3, 0.4) is 0 Å². The summed E-state index contributed by atoms with van der Waals surface area (Å²) < 4.78 is 11.2. The van der Waals surface area contributed by atoms with Gasteiger partial charge >= 0.3 is 0 Å². The molecule has 23 heavy (non-hydrogen) atoms. The summed E-state index contributed by atoms with van der Waals surface area (Å²) >= 11 is 0. The lowest BCUT2D eigenvalue weighted by Gasteiger charge is -2.23. The Morgan fingerprint density at radius 3 is 3.04 bits per heavy atom. The van der Waals surface area contributed by atoms with E-state index in [1.807, 2.05) is 36.2 Å². The number of benzene rings is 1. The minimum absolute atomic E-state index is 0.00650. The van der Waals surface area contributed by atoms with E-state index >= 15 is 0 Å². The van der Waals surface area contributed by atoms with Crippen LogP contribution in [0, 0.1) is 6.92 Å². The van der Waals surface area contributed by atoms with E-state index < -0.39 is 0 Å². The van der Waals surface area contributed by atoms with E-state index in [9.17, 15) is 4.79 Å². The zero-order valence-electron chi connectivity index (χ0n) is 13.0. The van der Waals surface area contributed by atoms with Gasteiger partial charge in [-0.15, -0.1) is 0 Å². The lowest BCUT2D eigenvalue weighted by Crippen LogP contribution is -2.30. The van der Waals surface area contributed by atoms with E-state index in [-0.39, 0.29) is 5.91 Å². The van der Waals surface area contributed by atoms with Crippen molar-refractivity contribution in [2.75, 3.05) is 26.3 Å². The zero-order chi connectivity index (χ0) is 15.8. The van der Waals surface area contributed by atoms with Gasteiger partial charge in [-0.05, 0) is 31.0 Å². The molecule has 1 aromatic carbocycles. The summed E-state index contributed by atoms with van der Waals surface area (Å²) in [5.74, 6) is 1.55. The number of fused-ring (bicyclic) bond motifs is 1. The van der Waals surface area contributed by atoms with Crippen molar-refractivity contribution in [3.05, 3.63) is 41.2 Å². The molecule has 0 aliphatic carbocycles. The number of hydrogen-bond acceptors (Lipinski definition) is 4. The molecule has 0 radical (unpaired) electrons. The predicted octanol–water partition coefficient (Wildman–Crippen LogP) is 2.12. The highest BCUT2D eigenvalue weighted by Crippen LogP contribution is 2.36. The summed E-state index contributed by atoms with van der Waals surface area (Å²) in [6.45, 7) is 4.49. The normalized spacial score (nSPS) is 19.9. The third-order valence-corrected chi connectivity index (χ3v) is 4.55. The highest BCUT2D eigenvalue weighted by Gasteiger charge is 2.32. The second kappa shape index (κ2) is 5.61. The van der Waals surface area contributed by atoms with E-state index in [1.54, 1.807) is 0 Å². The number of carbonyl (C=O) groups is 1. The molecule has 2 aliphatic heterocycles. The van der Waals surface area contributed by atoms with Gasteiger partial charge in [-0.25, -0.2) is 0 Å². The molecular formula is C17H19N3O3. The molecule has 1 N–H and O–H groups in total. The molecule has 1 saturated heterocycles. The van der Waals surface area contributed by atoms with E-state index in [2.05, 4.69) is 10.2 Å². The van der Waals surface area contributed by atoms with Crippen LogP contribution in [0.1, 0.15) is 34.0 Å². The molecule has 0 bridgehead atoms. The molecule has 1 amide bonds. The molecule has 0 spiro atoms. The first-order valence-corrected chi connectivity index (χ1v) is 7.92. The first-order valence-electron chi connectivity index (χ1n) is 7.92. The van der Waals surface area contributed by atoms with Gasteiger partial charge in [-0.2, -0.15) is 5.10 Å². The van der Waals surface area contributed by atoms with E-state index in [1.165, 1.54) is 0 Å². The molecule has 1 aromatic heterocycles. The van der Waals surface area contributed by atoms with Crippen LogP contribution in [0.15, 0.2) is 24.4 Å². The van der Waals surface area contributed by atoms with Crippen molar-refractivity contribution in [1.82, 2.24) is 15.1 Å². The van der Waals surface area contributed by atoms with Crippen molar-refractivity contribution >= 4 is 5.91 Å². The SMILES string of the molecule is Cc1cn[nH]c1[C@@H]1CCN(C(=O)c2cccc3c2OCCO3)C1. The van der Waals surface area contributed by atoms with Crippen LogP contribution >= 0.6 is 0 Å². The molecule has 0 saturated carbocycles. The maximum absolute atomic E-state index is 12.9. The minimum atomic E-state index is 0.00650. The highest BCUT2D eigenvalue weighted by molar-refractivity contribution is 5.98. The largest absolute Gasteiger partial charge is 0.486 e. The standard InChI is InChI=1S/C17H19N3O3/c1-11-9-18-19-15(11)12-5-6-20(10-12)17(21)13-3-2-4-14-16(13)23-8-7-22-14/h2-4,9,12H,5-8,10H2,1H3,(H,18,19)/t12-/m1/s1. The van der Waals surface area contributed by atoms with Crippen molar-refractivity contribution in [2.24, 2.45) is 0 Å². The Kier molecular flexibility index (Phi) is 3.44. The Bertz CT molecular complexity index is 740. The number of carbonyl (C=O) groups excluding carboxylic acids is 1. The van der Waals surface area contributed by atoms with E-state index in [4.69, 9.17) is 9.47 Å². The first-order chi connectivity index (χ1) is 11.2. The number of H-pyrrole nitrogens is 1. The lowest BCUT2D eigenvalue weighted by atomic mass is 10.0. The Morgan fingerprint density at radius 1 is 1.35 bits per heavy atom. The highest BCUT2D eigenvalue weighted by atomic mass is 16.6. The maximum atomic E-state index is 12.9. The number of nitrogens with zero attached hydrogens (tertiary/aromatic N) is 2. The number of aromatic amines is 1. The van der Waals surface area contributed by atoms with Crippen LogP contribution in [0.25, 0.3) is 0 Å². The summed E-state index contributed by atoms with van der Waals surface area (Å²) in [6, 6.07) is 5.49. The van der Waals surface area contributed by atoms with Gasteiger partial charge in [-0.1, -0.05) is 6.07 Å². The second-order valence-electron chi connectivity index (χ2n) is 6.03. The van der Waals surface area contributed by atoms with Gasteiger partial charge in [0.1, 0.15) is 13.2 Å². The second-order valence-corrected chi connectivity index (χ2v) is 6.03. The number of nitrogens with one attached hydrogen (secondary N) is 1. The number of likely N-dealkylation sites (tertiary alicyclic amines) is 1. The topological polar surface area (TPSA) is 67.5 Å². The van der Waals surface area contributed by atoms with Crippen LogP contribution in [0.4, 0.5) is 0 Å². The number of ether oxygens (including phenoxy) is 2. The van der Waals surface area contributed by atoms with Crippen LogP contribution < -0.4 is 9.47 Å². The van der Waals surface area contributed by atoms with Crippen LogP contribution in [0.5, 0.6) is 11.5 Å². The average Bonchev–Trinajstić information content (AvgIpc) is 3.22. The van der Waals surface area contributed by atoms with Crippen molar-refractivity contribution in [3.8, 4) is 11.5 Å². The molecule has 0 unspecified atom stereocenters. The Hall–Kier alpha value is -2.50. The smallest absolute Gasteiger partial charge is 0.257 e. The third kappa shape index (κ3) is 2.44. The van der Waals surface area contributed by atoms with Crippen LogP contribution in [0.2, 0.25) is 0 Å². The van der Waals surface area contributed by atoms with Gasteiger partial charge in [0.25, 0.3) is 5.91 Å². The first kappa shape index (κ1) is 14.1. The van der Waals surface area contributed by atoms with E-state index in [0.29, 0.717) is 42.7 Å². The molecule has 120 valence electrons. The zero-order valence-corrected chi connectivity index (χ0v) is 13.0. The molecule has 1 atom stereocenters. The number of para-hydroxylation sites is 1. The minimum Gasteiger partial charge on any atom is -0.486 e. The fourth-order valence-corrected chi connectivity index (χ4v) is 3.36. The molecular weight excluding hydrogens is 294 g/mol. The maximum Gasteiger partial charge on any atom is 0.257 e. The number of rotatable bonds is 2. The molecule has 2 aliphatic rings. The van der Waals surface area contributed by atoms with Crippen molar-refractivity contribution in [2.45, 2.75) is 19.3 Å². The molecule has 3 heterocycles. The fourth-order valence-electron chi connectivity index (χ4n) is 3.36. The Labute approximate surface area is 134 Å². The van der Waals surface area contributed by atoms with Gasteiger partial charge in [-0.3, -0.25) is 9.89 Å². The van der Waals surface area contributed by atoms with Crippen molar-refractivity contribution < 1.29 is 14.3 Å². The number of aromatic nitrogens is 2. The van der Waals surface area contributed by atoms with E-state index in [0.717, 1.165) is 24.2 Å². The fraction of sp³-hybridized carbons (Fsp3) is 0.412. The molecule has 1 fully saturated rings. The lowest BCUT2D eigenvalue weighted by molar-refractivity contribution is 0.0780. The van der Waals surface area contributed by atoms with Crippen molar-refractivity contribution in [3.63, 3.8) is 0 Å². The molecule has 6 nitrogen and oxygen atoms in total. The molecule has 2 aromatic rings. The van der Waals surface area contributed by atoms with Crippen LogP contribution in [-0.2, 0) is 0 Å². The molecule has 6 heteroatoms.